The summed E-state index contributed by atoms with van der Waals surface area (Å²) in [6.07, 6.45) is 2.17. The fraction of sp³-hybridized carbons (Fsp3) is 0.923. The first kappa shape index (κ1) is 16.9. The van der Waals surface area contributed by atoms with Gasteiger partial charge in [0.15, 0.2) is 0 Å². The van der Waals surface area contributed by atoms with Crippen LogP contribution in [0.25, 0.3) is 0 Å². The molecule has 0 heterocycles. The molecule has 1 atom stereocenters. The Bertz CT molecular complexity index is 168. The lowest BCUT2D eigenvalue weighted by molar-refractivity contribution is -0.136. The van der Waals surface area contributed by atoms with E-state index in [2.05, 4.69) is 41.5 Å². The predicted molar refractivity (Wildman–Crippen MR) is 67.9 cm³/mol. The summed E-state index contributed by atoms with van der Waals surface area (Å²) >= 11 is 0. The Balaban J connectivity index is 0. The molecule has 15 heavy (non-hydrogen) atoms. The first-order chi connectivity index (χ1) is 6.72. The van der Waals surface area contributed by atoms with E-state index in [0.29, 0.717) is 0 Å². The Morgan fingerprint density at radius 1 is 1.13 bits per heavy atom. The zero-order valence-corrected chi connectivity index (χ0v) is 11.8. The second-order valence-electron chi connectivity index (χ2n) is 5.27. The molecular formula is C13H29NO. The summed E-state index contributed by atoms with van der Waals surface area (Å²) in [4.78, 5) is 13.3. The average Bonchev–Trinajstić information content (AvgIpc) is 2.03. The molecule has 0 N–H and O–H groups in total. The predicted octanol–water partition coefficient (Wildman–Crippen LogP) is 3.56. The Hall–Kier alpha value is -0.530. The highest BCUT2D eigenvalue weighted by molar-refractivity contribution is 5.78. The lowest BCUT2D eigenvalue weighted by Gasteiger charge is -2.30. The first-order valence-electron chi connectivity index (χ1n) is 5.93. The van der Waals surface area contributed by atoms with Crippen molar-refractivity contribution in [1.82, 2.24) is 4.90 Å². The second-order valence-corrected chi connectivity index (χ2v) is 5.27. The van der Waals surface area contributed by atoms with Crippen molar-refractivity contribution in [2.45, 2.75) is 54.4 Å². The van der Waals surface area contributed by atoms with Gasteiger partial charge < -0.3 is 4.90 Å². The number of carbonyl (C=O) groups is 1. The van der Waals surface area contributed by atoms with Crippen molar-refractivity contribution in [3.63, 3.8) is 0 Å². The quantitative estimate of drug-likeness (QED) is 0.689. The van der Waals surface area contributed by atoms with E-state index < -0.39 is 0 Å². The molecule has 0 rings (SSSR count). The second kappa shape index (κ2) is 7.72. The Morgan fingerprint density at radius 2 is 1.47 bits per heavy atom. The van der Waals surface area contributed by atoms with Crippen LogP contribution in [0.15, 0.2) is 0 Å². The van der Waals surface area contributed by atoms with Gasteiger partial charge in [-0.2, -0.15) is 0 Å². The SMILES string of the molecule is CCC.CCC(C(=O)N(C)C)C(C)(C)C. The van der Waals surface area contributed by atoms with E-state index in [0.717, 1.165) is 6.42 Å². The van der Waals surface area contributed by atoms with Gasteiger partial charge in [-0.3, -0.25) is 4.79 Å². The summed E-state index contributed by atoms with van der Waals surface area (Å²) in [5.74, 6) is 0.387. The maximum absolute atomic E-state index is 11.6. The van der Waals surface area contributed by atoms with Gasteiger partial charge >= 0.3 is 0 Å². The molecule has 1 amide bonds. The summed E-state index contributed by atoms with van der Waals surface area (Å²) in [5, 5.41) is 0. The minimum absolute atomic E-state index is 0.0795. The van der Waals surface area contributed by atoms with Crippen molar-refractivity contribution in [3.8, 4) is 0 Å². The molecule has 0 aromatic rings. The van der Waals surface area contributed by atoms with Crippen LogP contribution in [0.3, 0.4) is 0 Å². The van der Waals surface area contributed by atoms with Crippen molar-refractivity contribution < 1.29 is 4.79 Å². The molecule has 2 heteroatoms. The third-order valence-electron chi connectivity index (χ3n) is 2.19. The average molecular weight is 215 g/mol. The van der Waals surface area contributed by atoms with E-state index in [1.807, 2.05) is 14.1 Å². The third-order valence-corrected chi connectivity index (χ3v) is 2.19. The van der Waals surface area contributed by atoms with Gasteiger partial charge in [-0.15, -0.1) is 0 Å². The fourth-order valence-electron chi connectivity index (χ4n) is 1.47. The largest absolute Gasteiger partial charge is 0.349 e. The molecule has 0 saturated heterocycles. The van der Waals surface area contributed by atoms with Crippen molar-refractivity contribution in [2.24, 2.45) is 11.3 Å². The van der Waals surface area contributed by atoms with E-state index in [-0.39, 0.29) is 17.2 Å². The number of rotatable bonds is 2. The zero-order chi connectivity index (χ0) is 12.6. The van der Waals surface area contributed by atoms with Crippen LogP contribution in [-0.4, -0.2) is 24.9 Å². The molecule has 0 bridgehead atoms. The highest BCUT2D eigenvalue weighted by Crippen LogP contribution is 2.29. The monoisotopic (exact) mass is 215 g/mol. The molecule has 0 radical (unpaired) electrons. The van der Waals surface area contributed by atoms with Crippen molar-refractivity contribution in [2.75, 3.05) is 14.1 Å². The Labute approximate surface area is 96.0 Å². The maximum Gasteiger partial charge on any atom is 0.225 e. The lowest BCUT2D eigenvalue weighted by atomic mass is 9.78. The highest BCUT2D eigenvalue weighted by atomic mass is 16.2. The lowest BCUT2D eigenvalue weighted by Crippen LogP contribution is -2.36. The van der Waals surface area contributed by atoms with Gasteiger partial charge in [-0.25, -0.2) is 0 Å². The molecule has 0 aliphatic carbocycles. The van der Waals surface area contributed by atoms with Gasteiger partial charge in [-0.1, -0.05) is 48.0 Å². The van der Waals surface area contributed by atoms with E-state index >= 15 is 0 Å². The molecule has 1 unspecified atom stereocenters. The van der Waals surface area contributed by atoms with Gasteiger partial charge in [0.2, 0.25) is 5.91 Å². The van der Waals surface area contributed by atoms with Gasteiger partial charge in [0.25, 0.3) is 0 Å². The van der Waals surface area contributed by atoms with Crippen LogP contribution in [0.1, 0.15) is 54.4 Å². The molecule has 0 aliphatic rings. The number of nitrogens with zero attached hydrogens (tertiary/aromatic N) is 1. The van der Waals surface area contributed by atoms with E-state index in [1.165, 1.54) is 6.42 Å². The highest BCUT2D eigenvalue weighted by Gasteiger charge is 2.30. The zero-order valence-electron chi connectivity index (χ0n) is 11.8. The van der Waals surface area contributed by atoms with Crippen LogP contribution in [0, 0.1) is 11.3 Å². The molecular weight excluding hydrogens is 186 g/mol. The van der Waals surface area contributed by atoms with Crippen LogP contribution in [0.2, 0.25) is 0 Å². The molecule has 0 aromatic carbocycles. The smallest absolute Gasteiger partial charge is 0.225 e. The van der Waals surface area contributed by atoms with Crippen molar-refractivity contribution >= 4 is 5.91 Å². The minimum Gasteiger partial charge on any atom is -0.349 e. The number of carbonyl (C=O) groups excluding carboxylic acids is 1. The molecule has 92 valence electrons. The summed E-state index contributed by atoms with van der Waals surface area (Å²) in [7, 11) is 3.63. The van der Waals surface area contributed by atoms with Gasteiger partial charge in [0, 0.05) is 20.0 Å². The normalized spacial score (nSPS) is 12.5. The van der Waals surface area contributed by atoms with Gasteiger partial charge in [0.1, 0.15) is 0 Å². The summed E-state index contributed by atoms with van der Waals surface area (Å²) < 4.78 is 0. The Morgan fingerprint density at radius 3 is 1.53 bits per heavy atom. The van der Waals surface area contributed by atoms with Crippen LogP contribution in [0.5, 0.6) is 0 Å². The van der Waals surface area contributed by atoms with Crippen LogP contribution >= 0.6 is 0 Å². The summed E-state index contributed by atoms with van der Waals surface area (Å²) in [6.45, 7) is 12.7. The molecule has 0 spiro atoms. The molecule has 0 saturated carbocycles. The number of hydrogen-bond acceptors (Lipinski definition) is 1. The van der Waals surface area contributed by atoms with Crippen LogP contribution in [0.4, 0.5) is 0 Å². The van der Waals surface area contributed by atoms with Crippen molar-refractivity contribution in [1.29, 1.82) is 0 Å². The minimum atomic E-state index is 0.0795. The van der Waals surface area contributed by atoms with E-state index in [9.17, 15) is 4.79 Å². The van der Waals surface area contributed by atoms with E-state index in [1.54, 1.807) is 4.90 Å². The molecule has 0 aliphatic heterocycles. The first-order valence-corrected chi connectivity index (χ1v) is 5.93. The topological polar surface area (TPSA) is 20.3 Å². The Kier molecular flexibility index (Phi) is 8.69. The van der Waals surface area contributed by atoms with Crippen LogP contribution < -0.4 is 0 Å². The number of hydrogen-bond donors (Lipinski definition) is 0. The van der Waals surface area contributed by atoms with Gasteiger partial charge in [0.05, 0.1) is 0 Å². The summed E-state index contributed by atoms with van der Waals surface area (Å²) in [5.41, 5.74) is 0.0795. The van der Waals surface area contributed by atoms with E-state index in [4.69, 9.17) is 0 Å². The third kappa shape index (κ3) is 7.40. The van der Waals surface area contributed by atoms with Crippen molar-refractivity contribution in [3.05, 3.63) is 0 Å². The van der Waals surface area contributed by atoms with Gasteiger partial charge in [-0.05, 0) is 11.8 Å². The standard InChI is InChI=1S/C10H21NO.C3H8/c1-7-8(10(2,3)4)9(12)11(5)6;1-3-2/h8H,7H2,1-6H3;3H2,1-2H3. The fourth-order valence-corrected chi connectivity index (χ4v) is 1.47. The summed E-state index contributed by atoms with van der Waals surface area (Å²) in [6, 6.07) is 0. The molecule has 2 nitrogen and oxygen atoms in total. The number of amides is 1. The molecule has 0 fully saturated rings. The molecule has 0 aromatic heterocycles. The van der Waals surface area contributed by atoms with Crippen LogP contribution in [-0.2, 0) is 4.79 Å². The maximum atomic E-state index is 11.6.